The molecule has 1 aromatic heterocycles. The number of carbonyl (C=O) groups is 2. The number of benzene rings is 1. The van der Waals surface area contributed by atoms with Crippen LogP contribution in [-0.2, 0) is 16.1 Å². The molecule has 1 amide bonds. The Balaban J connectivity index is 2.05. The molecule has 2 rings (SSSR count). The second kappa shape index (κ2) is 7.56. The lowest BCUT2D eigenvalue weighted by molar-refractivity contribution is -0.386. The Hall–Kier alpha value is -3.23. The average molecular weight is 346 g/mol. The van der Waals surface area contributed by atoms with Gasteiger partial charge in [-0.15, -0.1) is 0 Å². The maximum absolute atomic E-state index is 12.1. The van der Waals surface area contributed by atoms with Crippen LogP contribution in [0.1, 0.15) is 28.7 Å². The summed E-state index contributed by atoms with van der Waals surface area (Å²) >= 11 is 0. The van der Waals surface area contributed by atoms with Crippen LogP contribution in [-0.4, -0.2) is 33.2 Å². The van der Waals surface area contributed by atoms with E-state index < -0.39 is 10.9 Å². The summed E-state index contributed by atoms with van der Waals surface area (Å²) in [5.41, 5.74) is 1.36. The van der Waals surface area contributed by atoms with Crippen LogP contribution in [0.25, 0.3) is 0 Å². The van der Waals surface area contributed by atoms with Gasteiger partial charge in [0.05, 0.1) is 17.1 Å². The number of aryl methyl sites for hydroxylation is 1. The summed E-state index contributed by atoms with van der Waals surface area (Å²) in [5, 5.41) is 17.7. The molecule has 0 aliphatic rings. The number of nitro groups is 1. The van der Waals surface area contributed by atoms with Crippen LogP contribution in [0.5, 0.6) is 0 Å². The van der Waals surface area contributed by atoms with Crippen LogP contribution >= 0.6 is 0 Å². The number of nitrogens with one attached hydrogen (secondary N) is 1. The average Bonchev–Trinajstić information content (AvgIpc) is 2.82. The van der Waals surface area contributed by atoms with E-state index in [-0.39, 0.29) is 30.4 Å². The first-order chi connectivity index (χ1) is 11.8. The Morgan fingerprint density at radius 3 is 2.44 bits per heavy atom. The number of hydrogen-bond acceptors (Lipinski definition) is 6. The van der Waals surface area contributed by atoms with Gasteiger partial charge in [0.1, 0.15) is 17.9 Å². The van der Waals surface area contributed by atoms with Crippen molar-refractivity contribution in [2.24, 2.45) is 0 Å². The van der Waals surface area contributed by atoms with E-state index in [1.165, 1.54) is 11.6 Å². The third kappa shape index (κ3) is 4.19. The van der Waals surface area contributed by atoms with E-state index in [1.807, 2.05) is 0 Å². The number of anilines is 1. The van der Waals surface area contributed by atoms with Crippen molar-refractivity contribution >= 4 is 23.3 Å². The Morgan fingerprint density at radius 1 is 1.28 bits per heavy atom. The van der Waals surface area contributed by atoms with Gasteiger partial charge in [0.15, 0.2) is 0 Å². The lowest BCUT2D eigenvalue weighted by Gasteiger charge is -2.07. The predicted octanol–water partition coefficient (Wildman–Crippen LogP) is 2.22. The molecule has 9 nitrogen and oxygen atoms in total. The van der Waals surface area contributed by atoms with Crippen molar-refractivity contribution in [1.82, 2.24) is 9.78 Å². The largest absolute Gasteiger partial charge is 0.462 e. The molecule has 0 saturated carbocycles. The molecule has 0 bridgehead atoms. The first kappa shape index (κ1) is 18.1. The summed E-state index contributed by atoms with van der Waals surface area (Å²) in [6.07, 6.45) is 0. The quantitative estimate of drug-likeness (QED) is 0.487. The second-order valence-electron chi connectivity index (χ2n) is 5.28. The van der Waals surface area contributed by atoms with Crippen LogP contribution in [0.2, 0.25) is 0 Å². The molecule has 0 spiro atoms. The summed E-state index contributed by atoms with van der Waals surface area (Å²) < 4.78 is 6.17. The fourth-order valence-corrected chi connectivity index (χ4v) is 2.35. The van der Waals surface area contributed by atoms with Crippen molar-refractivity contribution in [2.75, 3.05) is 11.9 Å². The second-order valence-corrected chi connectivity index (χ2v) is 5.28. The molecule has 0 aliphatic heterocycles. The zero-order valence-electron chi connectivity index (χ0n) is 14.1. The molecule has 0 fully saturated rings. The van der Waals surface area contributed by atoms with Gasteiger partial charge >= 0.3 is 11.7 Å². The van der Waals surface area contributed by atoms with Crippen LogP contribution in [0, 0.1) is 24.0 Å². The lowest BCUT2D eigenvalue weighted by Crippen LogP contribution is -2.20. The molecule has 2 aromatic rings. The Labute approximate surface area is 143 Å². The third-order valence-corrected chi connectivity index (χ3v) is 3.50. The van der Waals surface area contributed by atoms with E-state index in [0.29, 0.717) is 16.9 Å². The Morgan fingerprint density at radius 2 is 1.92 bits per heavy atom. The summed E-state index contributed by atoms with van der Waals surface area (Å²) in [6.45, 7) is 4.91. The molecule has 132 valence electrons. The first-order valence-corrected chi connectivity index (χ1v) is 7.59. The third-order valence-electron chi connectivity index (χ3n) is 3.50. The maximum Gasteiger partial charge on any atom is 0.338 e. The smallest absolute Gasteiger partial charge is 0.338 e. The van der Waals surface area contributed by atoms with Crippen molar-refractivity contribution in [1.29, 1.82) is 0 Å². The van der Waals surface area contributed by atoms with Crippen LogP contribution in [0.4, 0.5) is 11.4 Å². The number of hydrogen-bond donors (Lipinski definition) is 1. The molecular formula is C16H18N4O5. The molecule has 0 unspecified atom stereocenters. The zero-order chi connectivity index (χ0) is 18.6. The molecule has 0 atom stereocenters. The van der Waals surface area contributed by atoms with Gasteiger partial charge in [-0.2, -0.15) is 5.10 Å². The number of rotatable bonds is 6. The van der Waals surface area contributed by atoms with Crippen molar-refractivity contribution in [3.8, 4) is 0 Å². The highest BCUT2D eigenvalue weighted by atomic mass is 16.6. The van der Waals surface area contributed by atoms with Gasteiger partial charge in [0, 0.05) is 5.69 Å². The highest BCUT2D eigenvalue weighted by Crippen LogP contribution is 2.21. The van der Waals surface area contributed by atoms with Gasteiger partial charge in [0.25, 0.3) is 0 Å². The van der Waals surface area contributed by atoms with Crippen molar-refractivity contribution in [3.05, 3.63) is 51.3 Å². The van der Waals surface area contributed by atoms with Gasteiger partial charge in [0.2, 0.25) is 5.91 Å². The van der Waals surface area contributed by atoms with Gasteiger partial charge in [-0.3, -0.25) is 19.6 Å². The molecule has 1 N–H and O–H groups in total. The Kier molecular flexibility index (Phi) is 5.48. The van der Waals surface area contributed by atoms with E-state index in [4.69, 9.17) is 4.74 Å². The van der Waals surface area contributed by atoms with Gasteiger partial charge in [-0.1, -0.05) is 0 Å². The van der Waals surface area contributed by atoms with Crippen molar-refractivity contribution < 1.29 is 19.2 Å². The monoisotopic (exact) mass is 346 g/mol. The standard InChI is InChI=1S/C16H18N4O5/c1-4-25-16(22)12-5-7-13(8-6-12)17-14(21)9-19-11(3)15(20(23)24)10(2)18-19/h5-8H,4,9H2,1-3H3,(H,17,21). The molecular weight excluding hydrogens is 328 g/mol. The van der Waals surface area contributed by atoms with Crippen LogP contribution < -0.4 is 5.32 Å². The summed E-state index contributed by atoms with van der Waals surface area (Å²) in [5.74, 6) is -0.820. The molecule has 9 heteroatoms. The summed E-state index contributed by atoms with van der Waals surface area (Å²) in [4.78, 5) is 34.1. The minimum absolute atomic E-state index is 0.0911. The maximum atomic E-state index is 12.1. The topological polar surface area (TPSA) is 116 Å². The number of esters is 1. The number of carbonyl (C=O) groups excluding carboxylic acids is 2. The van der Waals surface area contributed by atoms with Gasteiger partial charge in [-0.25, -0.2) is 4.79 Å². The highest BCUT2D eigenvalue weighted by Gasteiger charge is 2.22. The predicted molar refractivity (Wildman–Crippen MR) is 89.4 cm³/mol. The van der Waals surface area contributed by atoms with E-state index >= 15 is 0 Å². The summed E-state index contributed by atoms with van der Waals surface area (Å²) in [6, 6.07) is 6.24. The lowest BCUT2D eigenvalue weighted by atomic mass is 10.2. The van der Waals surface area contributed by atoms with Crippen molar-refractivity contribution in [2.45, 2.75) is 27.3 Å². The first-order valence-electron chi connectivity index (χ1n) is 7.59. The van der Waals surface area contributed by atoms with E-state index in [0.717, 1.165) is 0 Å². The normalized spacial score (nSPS) is 10.4. The molecule has 1 aromatic carbocycles. The molecule has 0 radical (unpaired) electrons. The SMILES string of the molecule is CCOC(=O)c1ccc(NC(=O)Cn2nc(C)c([N+](=O)[O-])c2C)cc1. The number of nitrogens with zero attached hydrogens (tertiary/aromatic N) is 3. The van der Waals surface area contributed by atoms with Gasteiger partial charge in [-0.05, 0) is 45.0 Å². The molecule has 1 heterocycles. The van der Waals surface area contributed by atoms with E-state index in [2.05, 4.69) is 10.4 Å². The van der Waals surface area contributed by atoms with E-state index in [9.17, 15) is 19.7 Å². The molecule has 0 aliphatic carbocycles. The number of amides is 1. The fraction of sp³-hybridized carbons (Fsp3) is 0.312. The van der Waals surface area contributed by atoms with Crippen LogP contribution in [0.15, 0.2) is 24.3 Å². The minimum Gasteiger partial charge on any atom is -0.462 e. The number of aromatic nitrogens is 2. The highest BCUT2D eigenvalue weighted by molar-refractivity contribution is 5.93. The number of ether oxygens (including phenoxy) is 1. The molecule has 0 saturated heterocycles. The minimum atomic E-state index is -0.514. The van der Waals surface area contributed by atoms with E-state index in [1.54, 1.807) is 38.1 Å². The van der Waals surface area contributed by atoms with Crippen LogP contribution in [0.3, 0.4) is 0 Å². The zero-order valence-corrected chi connectivity index (χ0v) is 14.1. The fourth-order valence-electron chi connectivity index (χ4n) is 2.35. The van der Waals surface area contributed by atoms with Crippen molar-refractivity contribution in [3.63, 3.8) is 0 Å². The summed E-state index contributed by atoms with van der Waals surface area (Å²) in [7, 11) is 0. The Bertz CT molecular complexity index is 811. The molecule has 25 heavy (non-hydrogen) atoms. The van der Waals surface area contributed by atoms with Gasteiger partial charge < -0.3 is 10.1 Å².